The molecule has 0 bridgehead atoms. The smallest absolute Gasteiger partial charge is 0.321 e. The van der Waals surface area contributed by atoms with Gasteiger partial charge >= 0.3 is 5.92 Å². The number of pyridine rings is 1. The standard InChI is InChI=1S/C24H19F4N7O2/c1-13(30-23(36)24(2,27)28)22(14-7-15(25)9-16(26)8-14)37-18-4-5-20-19(10-18)31-33-35(20)17-3-6-21-32-29-12-34(21)11-17/h3-13,22H,1-2H3,(H,30,36)/t13-,22-/m0/s1. The molecule has 5 rings (SSSR count). The average molecular weight is 513 g/mol. The topological polar surface area (TPSA) is 99.2 Å². The zero-order chi connectivity index (χ0) is 26.3. The monoisotopic (exact) mass is 513 g/mol. The number of fused-ring (bicyclic) bond motifs is 2. The highest BCUT2D eigenvalue weighted by molar-refractivity contribution is 5.83. The number of rotatable bonds is 7. The lowest BCUT2D eigenvalue weighted by atomic mass is 10.0. The molecule has 3 aromatic heterocycles. The summed E-state index contributed by atoms with van der Waals surface area (Å²) in [5, 5.41) is 18.3. The summed E-state index contributed by atoms with van der Waals surface area (Å²) in [6, 6.07) is 9.97. The Balaban J connectivity index is 1.47. The number of alkyl halides is 2. The van der Waals surface area contributed by atoms with Crippen LogP contribution in [0.25, 0.3) is 22.4 Å². The highest BCUT2D eigenvalue weighted by Gasteiger charge is 2.35. The first-order valence-electron chi connectivity index (χ1n) is 11.0. The Morgan fingerprint density at radius 3 is 2.54 bits per heavy atom. The number of amides is 1. The van der Waals surface area contributed by atoms with E-state index in [1.54, 1.807) is 51.9 Å². The van der Waals surface area contributed by atoms with Crippen molar-refractivity contribution in [1.82, 2.24) is 34.9 Å². The van der Waals surface area contributed by atoms with Gasteiger partial charge in [0.2, 0.25) is 0 Å². The van der Waals surface area contributed by atoms with Crippen LogP contribution < -0.4 is 10.1 Å². The normalized spacial score (nSPS) is 13.6. The minimum Gasteiger partial charge on any atom is -0.484 e. The summed E-state index contributed by atoms with van der Waals surface area (Å²) in [5.41, 5.74) is 2.41. The van der Waals surface area contributed by atoms with Crippen LogP contribution in [0.5, 0.6) is 5.75 Å². The van der Waals surface area contributed by atoms with Crippen molar-refractivity contribution in [3.8, 4) is 11.4 Å². The fourth-order valence-electron chi connectivity index (χ4n) is 3.86. The molecule has 5 aromatic rings. The first-order chi connectivity index (χ1) is 17.6. The number of aromatic nitrogens is 6. The van der Waals surface area contributed by atoms with E-state index in [-0.39, 0.29) is 11.3 Å². The molecule has 0 saturated carbocycles. The molecule has 0 fully saturated rings. The van der Waals surface area contributed by atoms with E-state index < -0.39 is 35.6 Å². The van der Waals surface area contributed by atoms with Crippen LogP contribution in [-0.4, -0.2) is 47.5 Å². The van der Waals surface area contributed by atoms with Crippen molar-refractivity contribution in [2.45, 2.75) is 31.9 Å². The zero-order valence-electron chi connectivity index (χ0n) is 19.4. The number of nitrogens with one attached hydrogen (secondary N) is 1. The SMILES string of the molecule is C[C@H](NC(=O)C(C)(F)F)[C@H](Oc1ccc2c(c1)nnn2-c1ccc2nncn2c1)c1cc(F)cc(F)c1. The van der Waals surface area contributed by atoms with Gasteiger partial charge in [0, 0.05) is 30.8 Å². The molecule has 0 aliphatic rings. The van der Waals surface area contributed by atoms with E-state index in [0.29, 0.717) is 35.4 Å². The summed E-state index contributed by atoms with van der Waals surface area (Å²) in [5.74, 6) is -6.75. The molecule has 3 heterocycles. The molecule has 13 heteroatoms. The Kier molecular flexibility index (Phi) is 5.97. The molecule has 0 unspecified atom stereocenters. The van der Waals surface area contributed by atoms with Gasteiger partial charge in [-0.3, -0.25) is 9.20 Å². The van der Waals surface area contributed by atoms with Gasteiger partial charge in [0.25, 0.3) is 5.91 Å². The molecule has 0 radical (unpaired) electrons. The van der Waals surface area contributed by atoms with Crippen LogP contribution >= 0.6 is 0 Å². The molecule has 0 saturated heterocycles. The number of nitrogens with zero attached hydrogens (tertiary/aromatic N) is 6. The molecular weight excluding hydrogens is 494 g/mol. The van der Waals surface area contributed by atoms with Crippen LogP contribution in [0.1, 0.15) is 25.5 Å². The van der Waals surface area contributed by atoms with Crippen LogP contribution in [0.3, 0.4) is 0 Å². The predicted octanol–water partition coefficient (Wildman–Crippen LogP) is 4.02. The van der Waals surface area contributed by atoms with Gasteiger partial charge < -0.3 is 10.1 Å². The van der Waals surface area contributed by atoms with E-state index in [1.807, 2.05) is 0 Å². The second-order valence-electron chi connectivity index (χ2n) is 8.53. The molecule has 1 amide bonds. The molecule has 1 N–H and O–H groups in total. The van der Waals surface area contributed by atoms with Crippen LogP contribution in [0, 0.1) is 11.6 Å². The highest BCUT2D eigenvalue weighted by atomic mass is 19.3. The number of carbonyl (C=O) groups excluding carboxylic acids is 1. The van der Waals surface area contributed by atoms with Gasteiger partial charge in [-0.25, -0.2) is 13.5 Å². The van der Waals surface area contributed by atoms with Crippen molar-refractivity contribution >= 4 is 22.6 Å². The Bertz CT molecular complexity index is 1590. The van der Waals surface area contributed by atoms with Crippen molar-refractivity contribution in [3.05, 3.63) is 78.3 Å². The Labute approximate surface area is 206 Å². The maximum absolute atomic E-state index is 14.0. The third-order valence-corrected chi connectivity index (χ3v) is 5.62. The molecule has 9 nitrogen and oxygen atoms in total. The summed E-state index contributed by atoms with van der Waals surface area (Å²) >= 11 is 0. The van der Waals surface area contributed by atoms with Crippen LogP contribution in [0.4, 0.5) is 17.6 Å². The van der Waals surface area contributed by atoms with E-state index in [9.17, 15) is 22.4 Å². The number of ether oxygens (including phenoxy) is 1. The molecule has 0 aliphatic heterocycles. The van der Waals surface area contributed by atoms with Crippen LogP contribution in [0.2, 0.25) is 0 Å². The Hall–Kier alpha value is -4.55. The lowest BCUT2D eigenvalue weighted by molar-refractivity contribution is -0.144. The van der Waals surface area contributed by atoms with E-state index in [2.05, 4.69) is 25.8 Å². The maximum atomic E-state index is 14.0. The second kappa shape index (κ2) is 9.15. The van der Waals surface area contributed by atoms with Crippen LogP contribution in [-0.2, 0) is 4.79 Å². The number of halogens is 4. The first kappa shape index (κ1) is 24.2. The van der Waals surface area contributed by atoms with Gasteiger partial charge in [0.05, 0.1) is 17.2 Å². The zero-order valence-corrected chi connectivity index (χ0v) is 19.4. The molecule has 2 atom stereocenters. The first-order valence-corrected chi connectivity index (χ1v) is 11.0. The van der Waals surface area contributed by atoms with Gasteiger partial charge in [0.15, 0.2) is 5.65 Å². The molecule has 0 spiro atoms. The van der Waals surface area contributed by atoms with Gasteiger partial charge in [-0.1, -0.05) is 5.21 Å². The summed E-state index contributed by atoms with van der Waals surface area (Å²) in [6.45, 7) is 1.85. The highest BCUT2D eigenvalue weighted by Crippen LogP contribution is 2.29. The summed E-state index contributed by atoms with van der Waals surface area (Å²) in [6.07, 6.45) is 2.12. The summed E-state index contributed by atoms with van der Waals surface area (Å²) in [4.78, 5) is 11.9. The van der Waals surface area contributed by atoms with E-state index in [1.165, 1.54) is 6.92 Å². The van der Waals surface area contributed by atoms with Crippen LogP contribution in [0.15, 0.2) is 61.1 Å². The number of hydrogen-bond donors (Lipinski definition) is 1. The van der Waals surface area contributed by atoms with Crippen molar-refractivity contribution < 1.29 is 27.1 Å². The molecule has 0 aliphatic carbocycles. The minimum absolute atomic E-state index is 0.00992. The van der Waals surface area contributed by atoms with Crippen molar-refractivity contribution in [2.24, 2.45) is 0 Å². The fourth-order valence-corrected chi connectivity index (χ4v) is 3.86. The predicted molar refractivity (Wildman–Crippen MR) is 123 cm³/mol. The lowest BCUT2D eigenvalue weighted by Crippen LogP contribution is -2.46. The Morgan fingerprint density at radius 1 is 1.05 bits per heavy atom. The molecule has 2 aromatic carbocycles. The minimum atomic E-state index is -3.65. The molecular formula is C24H19F4N7O2. The van der Waals surface area contributed by atoms with Gasteiger partial charge in [0.1, 0.15) is 35.3 Å². The van der Waals surface area contributed by atoms with Crippen molar-refractivity contribution in [2.75, 3.05) is 0 Å². The fraction of sp³-hybridized carbons (Fsp3) is 0.208. The number of benzene rings is 2. The van der Waals surface area contributed by atoms with Crippen molar-refractivity contribution in [3.63, 3.8) is 0 Å². The summed E-state index contributed by atoms with van der Waals surface area (Å²) in [7, 11) is 0. The Morgan fingerprint density at radius 2 is 1.81 bits per heavy atom. The molecule has 190 valence electrons. The number of hydrogen-bond acceptors (Lipinski definition) is 6. The van der Waals surface area contributed by atoms with E-state index >= 15 is 0 Å². The third kappa shape index (κ3) is 4.92. The maximum Gasteiger partial charge on any atom is 0.321 e. The third-order valence-electron chi connectivity index (χ3n) is 5.62. The van der Waals surface area contributed by atoms with Crippen molar-refractivity contribution in [1.29, 1.82) is 0 Å². The van der Waals surface area contributed by atoms with E-state index in [4.69, 9.17) is 4.74 Å². The van der Waals surface area contributed by atoms with E-state index in [0.717, 1.165) is 12.1 Å². The average Bonchev–Trinajstić information content (AvgIpc) is 3.47. The van der Waals surface area contributed by atoms with Gasteiger partial charge in [-0.15, -0.1) is 15.3 Å². The number of carbonyl (C=O) groups is 1. The second-order valence-corrected chi connectivity index (χ2v) is 8.53. The van der Waals surface area contributed by atoms with Gasteiger partial charge in [-0.2, -0.15) is 8.78 Å². The lowest BCUT2D eigenvalue weighted by Gasteiger charge is -2.27. The summed E-state index contributed by atoms with van der Waals surface area (Å²) < 4.78 is 64.2. The largest absolute Gasteiger partial charge is 0.484 e. The van der Waals surface area contributed by atoms with Gasteiger partial charge in [-0.05, 0) is 43.3 Å². The quantitative estimate of drug-likeness (QED) is 0.330. The molecule has 37 heavy (non-hydrogen) atoms.